The Kier molecular flexibility index (Phi) is 3.22. The average Bonchev–Trinajstić information content (AvgIpc) is 2.78. The molecule has 2 aromatic carbocycles. The first-order valence-corrected chi connectivity index (χ1v) is 6.89. The quantitative estimate of drug-likeness (QED) is 0.621. The molecule has 0 bridgehead atoms. The zero-order chi connectivity index (χ0) is 14.3. The number of hydrogen-bond acceptors (Lipinski definition) is 1. The van der Waals surface area contributed by atoms with Crippen LogP contribution in [0.15, 0.2) is 42.5 Å². The summed E-state index contributed by atoms with van der Waals surface area (Å²) < 4.78 is 15.1. The molecule has 0 amide bonds. The van der Waals surface area contributed by atoms with Crippen LogP contribution in [0.2, 0.25) is 0 Å². The van der Waals surface area contributed by atoms with E-state index in [1.165, 1.54) is 12.1 Å². The lowest BCUT2D eigenvalue weighted by atomic mass is 10.2. The van der Waals surface area contributed by atoms with Crippen LogP contribution >= 0.6 is 11.6 Å². The number of alkyl halides is 1. The molecule has 0 spiro atoms. The molecule has 0 fully saturated rings. The number of halogens is 2. The van der Waals surface area contributed by atoms with Crippen LogP contribution in [0.5, 0.6) is 0 Å². The highest BCUT2D eigenvalue weighted by atomic mass is 35.5. The lowest BCUT2D eigenvalue weighted by Gasteiger charge is -2.10. The van der Waals surface area contributed by atoms with Crippen molar-refractivity contribution in [3.05, 3.63) is 59.7 Å². The molecule has 0 aliphatic heterocycles. The molecular formula is C16H14ClFN2. The van der Waals surface area contributed by atoms with Crippen molar-refractivity contribution in [3.63, 3.8) is 0 Å². The van der Waals surface area contributed by atoms with Crippen LogP contribution in [0, 0.1) is 12.7 Å². The van der Waals surface area contributed by atoms with Gasteiger partial charge in [0.05, 0.1) is 16.4 Å². The van der Waals surface area contributed by atoms with Crippen molar-refractivity contribution >= 4 is 22.6 Å². The Morgan fingerprint density at radius 3 is 2.50 bits per heavy atom. The van der Waals surface area contributed by atoms with Crippen molar-refractivity contribution in [2.24, 2.45) is 0 Å². The number of rotatable bonds is 2. The Hall–Kier alpha value is -1.87. The van der Waals surface area contributed by atoms with Gasteiger partial charge in [0.1, 0.15) is 11.6 Å². The van der Waals surface area contributed by atoms with Gasteiger partial charge in [-0.2, -0.15) is 0 Å². The Morgan fingerprint density at radius 1 is 1.15 bits per heavy atom. The second-order valence-corrected chi connectivity index (χ2v) is 5.54. The van der Waals surface area contributed by atoms with Gasteiger partial charge in [0.2, 0.25) is 0 Å². The summed E-state index contributed by atoms with van der Waals surface area (Å²) in [6.07, 6.45) is 0. The van der Waals surface area contributed by atoms with E-state index in [1.54, 1.807) is 12.1 Å². The van der Waals surface area contributed by atoms with Crippen LogP contribution in [-0.2, 0) is 0 Å². The molecule has 2 nitrogen and oxygen atoms in total. The van der Waals surface area contributed by atoms with E-state index in [0.717, 1.165) is 28.1 Å². The Morgan fingerprint density at radius 2 is 1.85 bits per heavy atom. The topological polar surface area (TPSA) is 17.8 Å². The number of aryl methyl sites for hydroxylation is 1. The molecule has 3 rings (SSSR count). The Bertz CT molecular complexity index is 760. The number of benzene rings is 2. The van der Waals surface area contributed by atoms with Crippen molar-refractivity contribution in [1.29, 1.82) is 0 Å². The van der Waals surface area contributed by atoms with E-state index in [4.69, 9.17) is 11.6 Å². The largest absolute Gasteiger partial charge is 0.295 e. The SMILES string of the molecule is Cc1ccc2nc(C(C)Cl)n(-c3ccc(F)cc3)c2c1. The molecule has 1 atom stereocenters. The van der Waals surface area contributed by atoms with Crippen molar-refractivity contribution < 1.29 is 4.39 Å². The van der Waals surface area contributed by atoms with Gasteiger partial charge in [-0.1, -0.05) is 6.07 Å². The first-order chi connectivity index (χ1) is 9.56. The summed E-state index contributed by atoms with van der Waals surface area (Å²) in [5.74, 6) is 0.508. The molecule has 1 aromatic heterocycles. The molecule has 0 radical (unpaired) electrons. The van der Waals surface area contributed by atoms with Gasteiger partial charge >= 0.3 is 0 Å². The maximum atomic E-state index is 13.1. The number of aromatic nitrogens is 2. The second kappa shape index (κ2) is 4.91. The maximum Gasteiger partial charge on any atom is 0.132 e. The van der Waals surface area contributed by atoms with E-state index in [0.29, 0.717) is 0 Å². The van der Waals surface area contributed by atoms with Gasteiger partial charge in [-0.3, -0.25) is 4.57 Å². The zero-order valence-corrected chi connectivity index (χ0v) is 12.0. The van der Waals surface area contributed by atoms with Crippen molar-refractivity contribution in [1.82, 2.24) is 9.55 Å². The summed E-state index contributed by atoms with van der Waals surface area (Å²) in [6.45, 7) is 3.92. The summed E-state index contributed by atoms with van der Waals surface area (Å²) in [5.41, 5.74) is 3.89. The van der Waals surface area contributed by atoms with Crippen LogP contribution in [-0.4, -0.2) is 9.55 Å². The molecule has 0 N–H and O–H groups in total. The first kappa shape index (κ1) is 13.1. The molecule has 3 aromatic rings. The summed E-state index contributed by atoms with van der Waals surface area (Å²) in [7, 11) is 0. The number of imidazole rings is 1. The minimum Gasteiger partial charge on any atom is -0.295 e. The molecule has 0 saturated carbocycles. The number of nitrogens with zero attached hydrogens (tertiary/aromatic N) is 2. The van der Waals surface area contributed by atoms with E-state index in [1.807, 2.05) is 30.5 Å². The summed E-state index contributed by atoms with van der Waals surface area (Å²) >= 11 is 6.24. The van der Waals surface area contributed by atoms with E-state index < -0.39 is 0 Å². The van der Waals surface area contributed by atoms with Crippen LogP contribution in [0.4, 0.5) is 4.39 Å². The highest BCUT2D eigenvalue weighted by Crippen LogP contribution is 2.28. The zero-order valence-electron chi connectivity index (χ0n) is 11.3. The monoisotopic (exact) mass is 288 g/mol. The molecule has 102 valence electrons. The standard InChI is InChI=1S/C16H14ClFN2/c1-10-3-8-14-15(9-10)20(16(19-14)11(2)17)13-6-4-12(18)5-7-13/h3-9,11H,1-2H3. The third-order valence-corrected chi connectivity index (χ3v) is 3.47. The fraction of sp³-hybridized carbons (Fsp3) is 0.188. The highest BCUT2D eigenvalue weighted by Gasteiger charge is 2.16. The number of fused-ring (bicyclic) bond motifs is 1. The van der Waals surface area contributed by atoms with Crippen molar-refractivity contribution in [3.8, 4) is 5.69 Å². The number of hydrogen-bond donors (Lipinski definition) is 0. The molecule has 1 unspecified atom stereocenters. The summed E-state index contributed by atoms with van der Waals surface area (Å²) in [5, 5.41) is -0.229. The smallest absolute Gasteiger partial charge is 0.132 e. The van der Waals surface area contributed by atoms with E-state index in [-0.39, 0.29) is 11.2 Å². The van der Waals surface area contributed by atoms with Gasteiger partial charge in [-0.25, -0.2) is 9.37 Å². The first-order valence-electron chi connectivity index (χ1n) is 6.45. The molecule has 1 heterocycles. The lowest BCUT2D eigenvalue weighted by Crippen LogP contribution is -2.02. The van der Waals surface area contributed by atoms with Gasteiger partial charge in [0.25, 0.3) is 0 Å². The van der Waals surface area contributed by atoms with Crippen LogP contribution in [0.1, 0.15) is 23.7 Å². The minimum absolute atomic E-state index is 0.229. The van der Waals surface area contributed by atoms with E-state index >= 15 is 0 Å². The van der Waals surface area contributed by atoms with E-state index in [2.05, 4.69) is 11.1 Å². The predicted octanol–water partition coefficient (Wildman–Crippen LogP) is 4.77. The van der Waals surface area contributed by atoms with E-state index in [9.17, 15) is 4.39 Å². The molecule has 4 heteroatoms. The maximum absolute atomic E-state index is 13.1. The molecular weight excluding hydrogens is 275 g/mol. The van der Waals surface area contributed by atoms with Crippen LogP contribution in [0.3, 0.4) is 0 Å². The van der Waals surface area contributed by atoms with Gasteiger partial charge in [-0.15, -0.1) is 11.6 Å². The van der Waals surface area contributed by atoms with Gasteiger partial charge in [0.15, 0.2) is 0 Å². The van der Waals surface area contributed by atoms with Gasteiger partial charge < -0.3 is 0 Å². The molecule has 0 aliphatic rings. The summed E-state index contributed by atoms with van der Waals surface area (Å²) in [6, 6.07) is 12.4. The lowest BCUT2D eigenvalue weighted by molar-refractivity contribution is 0.627. The van der Waals surface area contributed by atoms with Crippen LogP contribution < -0.4 is 0 Å². The van der Waals surface area contributed by atoms with Gasteiger partial charge in [-0.05, 0) is 55.8 Å². The van der Waals surface area contributed by atoms with Crippen molar-refractivity contribution in [2.75, 3.05) is 0 Å². The van der Waals surface area contributed by atoms with Crippen LogP contribution in [0.25, 0.3) is 16.7 Å². The Labute approximate surface area is 121 Å². The third kappa shape index (κ3) is 2.18. The fourth-order valence-corrected chi connectivity index (χ4v) is 2.48. The minimum atomic E-state index is -0.255. The second-order valence-electron chi connectivity index (χ2n) is 4.89. The molecule has 20 heavy (non-hydrogen) atoms. The summed E-state index contributed by atoms with van der Waals surface area (Å²) in [4.78, 5) is 4.59. The molecule has 0 saturated heterocycles. The predicted molar refractivity (Wildman–Crippen MR) is 80.0 cm³/mol. The Balaban J connectivity index is 2.33. The highest BCUT2D eigenvalue weighted by molar-refractivity contribution is 6.20. The van der Waals surface area contributed by atoms with Gasteiger partial charge in [0, 0.05) is 5.69 Å². The molecule has 0 aliphatic carbocycles. The normalized spacial score (nSPS) is 12.8. The van der Waals surface area contributed by atoms with Crippen molar-refractivity contribution in [2.45, 2.75) is 19.2 Å². The third-order valence-electron chi connectivity index (χ3n) is 3.28. The average molecular weight is 289 g/mol. The fourth-order valence-electron chi connectivity index (χ4n) is 2.33.